The van der Waals surface area contributed by atoms with E-state index in [0.29, 0.717) is 6.04 Å². The maximum absolute atomic E-state index is 13.6. The van der Waals surface area contributed by atoms with Crippen LogP contribution >= 0.6 is 0 Å². The molecule has 1 aromatic carbocycles. The van der Waals surface area contributed by atoms with Crippen LogP contribution in [0, 0.1) is 18.6 Å². The predicted molar refractivity (Wildman–Crippen MR) is 73.7 cm³/mol. The number of halogens is 2. The fourth-order valence-electron chi connectivity index (χ4n) is 2.62. The molecule has 20 heavy (non-hydrogen) atoms. The fraction of sp³-hybridized carbons (Fsp3) is 0.533. The summed E-state index contributed by atoms with van der Waals surface area (Å²) < 4.78 is 26.8. The van der Waals surface area contributed by atoms with Gasteiger partial charge in [0.2, 0.25) is 0 Å². The third-order valence-corrected chi connectivity index (χ3v) is 3.96. The largest absolute Gasteiger partial charge is 0.349 e. The van der Waals surface area contributed by atoms with Crippen molar-refractivity contribution in [3.63, 3.8) is 0 Å². The van der Waals surface area contributed by atoms with Gasteiger partial charge in [0.05, 0.1) is 5.56 Å². The van der Waals surface area contributed by atoms with E-state index in [4.69, 9.17) is 0 Å². The molecule has 2 N–H and O–H groups in total. The van der Waals surface area contributed by atoms with Crippen LogP contribution in [-0.2, 0) is 0 Å². The molecular formula is C15H20F2N2O. The standard InChI is InChI=1S/C15H20F2N2O/c1-9-7-12(14(17)8-13(9)16)15(20)19-11-5-3-10(18-2)4-6-11/h7-8,10-11,18H,3-6H2,1-2H3,(H,19,20). The number of hydrogen-bond acceptors (Lipinski definition) is 2. The quantitative estimate of drug-likeness (QED) is 0.894. The zero-order valence-corrected chi connectivity index (χ0v) is 11.8. The second-order valence-electron chi connectivity index (χ2n) is 5.39. The van der Waals surface area contributed by atoms with Crippen molar-refractivity contribution in [1.29, 1.82) is 0 Å². The van der Waals surface area contributed by atoms with Gasteiger partial charge in [-0.3, -0.25) is 4.79 Å². The van der Waals surface area contributed by atoms with Gasteiger partial charge in [0, 0.05) is 18.2 Å². The summed E-state index contributed by atoms with van der Waals surface area (Å²) in [5, 5.41) is 6.06. The van der Waals surface area contributed by atoms with Crippen LogP contribution < -0.4 is 10.6 Å². The second-order valence-corrected chi connectivity index (χ2v) is 5.39. The Morgan fingerprint density at radius 3 is 2.30 bits per heavy atom. The minimum absolute atomic E-state index is 0.0665. The van der Waals surface area contributed by atoms with Crippen molar-refractivity contribution in [2.75, 3.05) is 7.05 Å². The highest BCUT2D eigenvalue weighted by Gasteiger charge is 2.23. The van der Waals surface area contributed by atoms with Crippen LogP contribution in [-0.4, -0.2) is 25.0 Å². The van der Waals surface area contributed by atoms with Gasteiger partial charge in [0.1, 0.15) is 11.6 Å². The highest BCUT2D eigenvalue weighted by atomic mass is 19.1. The third kappa shape index (κ3) is 3.33. The molecule has 0 heterocycles. The Bertz CT molecular complexity index is 497. The normalized spacial score (nSPS) is 22.6. The van der Waals surface area contributed by atoms with Crippen molar-refractivity contribution in [1.82, 2.24) is 10.6 Å². The number of carbonyl (C=O) groups excluding carboxylic acids is 1. The van der Waals surface area contributed by atoms with Crippen LogP contribution in [0.15, 0.2) is 12.1 Å². The van der Waals surface area contributed by atoms with Gasteiger partial charge in [0.25, 0.3) is 5.91 Å². The lowest BCUT2D eigenvalue weighted by Gasteiger charge is -2.28. The second kappa shape index (κ2) is 6.31. The maximum atomic E-state index is 13.6. The van der Waals surface area contributed by atoms with Crippen molar-refractivity contribution in [2.24, 2.45) is 0 Å². The molecule has 1 aliphatic rings. The number of nitrogens with one attached hydrogen (secondary N) is 2. The maximum Gasteiger partial charge on any atom is 0.254 e. The van der Waals surface area contributed by atoms with Crippen molar-refractivity contribution in [3.05, 3.63) is 34.9 Å². The average molecular weight is 282 g/mol. The van der Waals surface area contributed by atoms with Crippen molar-refractivity contribution < 1.29 is 13.6 Å². The SMILES string of the molecule is CNC1CCC(NC(=O)c2cc(C)c(F)cc2F)CC1. The average Bonchev–Trinajstić information content (AvgIpc) is 2.43. The highest BCUT2D eigenvalue weighted by molar-refractivity contribution is 5.94. The first kappa shape index (κ1) is 14.9. The molecule has 0 spiro atoms. The van der Waals surface area contributed by atoms with Crippen molar-refractivity contribution in [3.8, 4) is 0 Å². The Morgan fingerprint density at radius 2 is 1.70 bits per heavy atom. The van der Waals surface area contributed by atoms with Crippen LogP contribution in [0.3, 0.4) is 0 Å². The lowest BCUT2D eigenvalue weighted by Crippen LogP contribution is -2.41. The molecule has 1 aliphatic carbocycles. The number of aryl methyl sites for hydroxylation is 1. The molecule has 1 amide bonds. The number of hydrogen-bond donors (Lipinski definition) is 2. The molecule has 0 atom stereocenters. The molecule has 0 saturated heterocycles. The number of benzene rings is 1. The van der Waals surface area contributed by atoms with Gasteiger partial charge in [-0.2, -0.15) is 0 Å². The number of rotatable bonds is 3. The molecule has 5 heteroatoms. The zero-order valence-electron chi connectivity index (χ0n) is 11.8. The molecule has 1 aromatic rings. The summed E-state index contributed by atoms with van der Waals surface area (Å²) in [7, 11) is 1.93. The number of amides is 1. The van der Waals surface area contributed by atoms with E-state index in [1.54, 1.807) is 0 Å². The van der Waals surface area contributed by atoms with Gasteiger partial charge in [-0.25, -0.2) is 8.78 Å². The van der Waals surface area contributed by atoms with E-state index in [1.165, 1.54) is 13.0 Å². The van der Waals surface area contributed by atoms with Crippen LogP contribution in [0.2, 0.25) is 0 Å². The van der Waals surface area contributed by atoms with Crippen LogP contribution in [0.5, 0.6) is 0 Å². The van der Waals surface area contributed by atoms with E-state index in [9.17, 15) is 13.6 Å². The van der Waals surface area contributed by atoms with Gasteiger partial charge < -0.3 is 10.6 Å². The lowest BCUT2D eigenvalue weighted by atomic mass is 9.91. The summed E-state index contributed by atoms with van der Waals surface area (Å²) in [6.45, 7) is 1.52. The predicted octanol–water partition coefficient (Wildman–Crippen LogP) is 2.53. The topological polar surface area (TPSA) is 41.1 Å². The van der Waals surface area contributed by atoms with Gasteiger partial charge in [-0.15, -0.1) is 0 Å². The molecule has 1 fully saturated rings. The molecule has 0 bridgehead atoms. The smallest absolute Gasteiger partial charge is 0.254 e. The molecule has 110 valence electrons. The highest BCUT2D eigenvalue weighted by Crippen LogP contribution is 2.20. The molecule has 0 aliphatic heterocycles. The minimum Gasteiger partial charge on any atom is -0.349 e. The molecule has 0 radical (unpaired) electrons. The Kier molecular flexibility index (Phi) is 4.70. The Hall–Kier alpha value is -1.49. The van der Waals surface area contributed by atoms with E-state index in [1.807, 2.05) is 7.05 Å². The van der Waals surface area contributed by atoms with E-state index < -0.39 is 17.5 Å². The summed E-state index contributed by atoms with van der Waals surface area (Å²) >= 11 is 0. The summed E-state index contributed by atoms with van der Waals surface area (Å²) in [4.78, 5) is 12.1. The third-order valence-electron chi connectivity index (χ3n) is 3.96. The summed E-state index contributed by atoms with van der Waals surface area (Å²) in [5.41, 5.74) is 0.190. The Morgan fingerprint density at radius 1 is 1.10 bits per heavy atom. The fourth-order valence-corrected chi connectivity index (χ4v) is 2.62. The summed E-state index contributed by atoms with van der Waals surface area (Å²) in [5.74, 6) is -1.90. The molecule has 1 saturated carbocycles. The van der Waals surface area contributed by atoms with E-state index in [-0.39, 0.29) is 17.2 Å². The van der Waals surface area contributed by atoms with Crippen LogP contribution in [0.1, 0.15) is 41.6 Å². The minimum atomic E-state index is -0.811. The first-order valence-electron chi connectivity index (χ1n) is 6.95. The van der Waals surface area contributed by atoms with Crippen molar-refractivity contribution in [2.45, 2.75) is 44.7 Å². The van der Waals surface area contributed by atoms with Gasteiger partial charge in [-0.05, 0) is 51.3 Å². The van der Waals surface area contributed by atoms with Gasteiger partial charge in [0.15, 0.2) is 0 Å². The van der Waals surface area contributed by atoms with Gasteiger partial charge in [-0.1, -0.05) is 0 Å². The van der Waals surface area contributed by atoms with E-state index in [2.05, 4.69) is 10.6 Å². The lowest BCUT2D eigenvalue weighted by molar-refractivity contribution is 0.0920. The number of carbonyl (C=O) groups is 1. The van der Waals surface area contributed by atoms with E-state index >= 15 is 0 Å². The molecule has 3 nitrogen and oxygen atoms in total. The first-order valence-corrected chi connectivity index (χ1v) is 6.95. The first-order chi connectivity index (χ1) is 9.51. The molecule has 2 rings (SSSR count). The monoisotopic (exact) mass is 282 g/mol. The molecule has 0 aromatic heterocycles. The van der Waals surface area contributed by atoms with Crippen molar-refractivity contribution >= 4 is 5.91 Å². The Labute approximate surface area is 117 Å². The van der Waals surface area contributed by atoms with Crippen LogP contribution in [0.4, 0.5) is 8.78 Å². The molecular weight excluding hydrogens is 262 g/mol. The Balaban J connectivity index is 2.01. The zero-order chi connectivity index (χ0) is 14.7. The van der Waals surface area contributed by atoms with Crippen LogP contribution in [0.25, 0.3) is 0 Å². The van der Waals surface area contributed by atoms with E-state index in [0.717, 1.165) is 31.7 Å². The summed E-state index contributed by atoms with van der Waals surface area (Å²) in [6, 6.07) is 2.59. The summed E-state index contributed by atoms with van der Waals surface area (Å²) in [6.07, 6.45) is 3.73. The van der Waals surface area contributed by atoms with Gasteiger partial charge >= 0.3 is 0 Å². The molecule has 0 unspecified atom stereocenters.